The fraction of sp³-hybridized carbons (Fsp3) is 0.810. The van der Waals surface area contributed by atoms with Gasteiger partial charge in [0.25, 0.3) is 11.8 Å². The molecule has 2 aliphatic heterocycles. The Morgan fingerprint density at radius 3 is 2.19 bits per heavy atom. The molecule has 31 heavy (non-hydrogen) atoms. The predicted octanol–water partition coefficient (Wildman–Crippen LogP) is 0.0522. The van der Waals surface area contributed by atoms with Crippen LogP contribution in [0.5, 0.6) is 0 Å². The molecule has 3 N–H and O–H groups in total. The highest BCUT2D eigenvalue weighted by molar-refractivity contribution is 6.08. The standard InChI is InChI=1S/C21H36N6O4/c1-3-4-9-22-17(28)14-25-10-12-26(13-11-25)15-18(29)24-27-19(30)21(23-20(27)31)7-5-16(2)6-8-21/h16H,3-15H2,1-2H3,(H,22,28)(H,23,31)(H,24,29). The monoisotopic (exact) mass is 436 g/mol. The summed E-state index contributed by atoms with van der Waals surface area (Å²) in [6.45, 7) is 8.10. The van der Waals surface area contributed by atoms with Crippen LogP contribution in [-0.2, 0) is 14.4 Å². The van der Waals surface area contributed by atoms with Gasteiger partial charge < -0.3 is 10.6 Å². The predicted molar refractivity (Wildman–Crippen MR) is 115 cm³/mol. The highest BCUT2D eigenvalue weighted by Crippen LogP contribution is 2.35. The van der Waals surface area contributed by atoms with Crippen molar-refractivity contribution in [2.45, 2.75) is 57.9 Å². The Balaban J connectivity index is 1.40. The zero-order chi connectivity index (χ0) is 22.4. The molecule has 10 heteroatoms. The number of hydrogen-bond acceptors (Lipinski definition) is 6. The Morgan fingerprint density at radius 2 is 1.61 bits per heavy atom. The number of imide groups is 1. The molecule has 0 aromatic rings. The summed E-state index contributed by atoms with van der Waals surface area (Å²) in [6, 6.07) is -0.549. The maximum absolute atomic E-state index is 12.8. The quantitative estimate of drug-likeness (QED) is 0.366. The molecule has 0 unspecified atom stereocenters. The first kappa shape index (κ1) is 23.5. The highest BCUT2D eigenvalue weighted by atomic mass is 16.2. The number of urea groups is 1. The van der Waals surface area contributed by atoms with Crippen molar-refractivity contribution in [3.8, 4) is 0 Å². The molecule has 1 saturated carbocycles. The lowest BCUT2D eigenvalue weighted by Gasteiger charge is -2.34. The Kier molecular flexibility index (Phi) is 7.88. The molecule has 0 aromatic carbocycles. The van der Waals surface area contributed by atoms with E-state index in [0.717, 1.165) is 30.7 Å². The van der Waals surface area contributed by atoms with Crippen molar-refractivity contribution in [3.63, 3.8) is 0 Å². The van der Waals surface area contributed by atoms with Crippen molar-refractivity contribution < 1.29 is 19.2 Å². The summed E-state index contributed by atoms with van der Waals surface area (Å²) in [5.41, 5.74) is 1.63. The maximum Gasteiger partial charge on any atom is 0.344 e. The topological polar surface area (TPSA) is 114 Å². The largest absolute Gasteiger partial charge is 0.355 e. The van der Waals surface area contributed by atoms with E-state index in [4.69, 9.17) is 0 Å². The van der Waals surface area contributed by atoms with Gasteiger partial charge in [-0.1, -0.05) is 20.3 Å². The minimum atomic E-state index is -0.861. The third kappa shape index (κ3) is 5.94. The molecule has 0 atom stereocenters. The van der Waals surface area contributed by atoms with Crippen molar-refractivity contribution in [1.29, 1.82) is 0 Å². The van der Waals surface area contributed by atoms with Gasteiger partial charge in [0.2, 0.25) is 5.91 Å². The number of piperazine rings is 1. The number of carbonyl (C=O) groups is 4. The zero-order valence-electron chi connectivity index (χ0n) is 18.7. The van der Waals surface area contributed by atoms with Crippen LogP contribution in [0.3, 0.4) is 0 Å². The molecule has 0 bridgehead atoms. The Labute approximate surface area is 184 Å². The number of hydrazine groups is 1. The van der Waals surface area contributed by atoms with Gasteiger partial charge in [-0.05, 0) is 38.0 Å². The van der Waals surface area contributed by atoms with E-state index in [9.17, 15) is 19.2 Å². The summed E-state index contributed by atoms with van der Waals surface area (Å²) >= 11 is 0. The lowest BCUT2D eigenvalue weighted by atomic mass is 9.77. The normalized spacial score (nSPS) is 27.4. The fourth-order valence-electron chi connectivity index (χ4n) is 4.45. The van der Waals surface area contributed by atoms with Crippen molar-refractivity contribution in [3.05, 3.63) is 0 Å². The number of unbranched alkanes of at least 4 members (excludes halogenated alkanes) is 1. The van der Waals surface area contributed by atoms with E-state index in [1.165, 1.54) is 0 Å². The average Bonchev–Trinajstić information content (AvgIpc) is 2.96. The molecular formula is C21H36N6O4. The number of amides is 5. The number of nitrogens with zero attached hydrogens (tertiary/aromatic N) is 3. The van der Waals surface area contributed by atoms with E-state index >= 15 is 0 Å². The summed E-state index contributed by atoms with van der Waals surface area (Å²) in [7, 11) is 0. The van der Waals surface area contributed by atoms with Crippen LogP contribution in [0.4, 0.5) is 4.79 Å². The van der Waals surface area contributed by atoms with E-state index in [1.807, 2.05) is 4.90 Å². The van der Waals surface area contributed by atoms with Gasteiger partial charge in [0.1, 0.15) is 5.54 Å². The molecule has 3 fully saturated rings. The molecule has 0 radical (unpaired) electrons. The summed E-state index contributed by atoms with van der Waals surface area (Å²) in [5, 5.41) is 6.58. The van der Waals surface area contributed by atoms with Crippen molar-refractivity contribution in [2.75, 3.05) is 45.8 Å². The van der Waals surface area contributed by atoms with Crippen molar-refractivity contribution in [2.24, 2.45) is 5.92 Å². The lowest BCUT2D eigenvalue weighted by Crippen LogP contribution is -2.55. The second-order valence-electron chi connectivity index (χ2n) is 9.13. The molecule has 0 aromatic heterocycles. The van der Waals surface area contributed by atoms with Gasteiger partial charge in [-0.25, -0.2) is 4.79 Å². The minimum absolute atomic E-state index is 0.0317. The van der Waals surface area contributed by atoms with Crippen LogP contribution in [0.1, 0.15) is 52.4 Å². The first-order chi connectivity index (χ1) is 14.8. The Hall–Kier alpha value is -2.20. The number of carbonyl (C=O) groups excluding carboxylic acids is 4. The first-order valence-corrected chi connectivity index (χ1v) is 11.5. The van der Waals surface area contributed by atoms with Gasteiger partial charge in [-0.3, -0.25) is 29.6 Å². The smallest absolute Gasteiger partial charge is 0.344 e. The first-order valence-electron chi connectivity index (χ1n) is 11.5. The molecule has 3 rings (SSSR count). The third-order valence-electron chi connectivity index (χ3n) is 6.58. The van der Waals surface area contributed by atoms with Gasteiger partial charge in [0.05, 0.1) is 13.1 Å². The molecule has 2 heterocycles. The summed E-state index contributed by atoms with van der Waals surface area (Å²) in [6.07, 6.45) is 5.01. The fourth-order valence-corrected chi connectivity index (χ4v) is 4.45. The second kappa shape index (κ2) is 10.4. The van der Waals surface area contributed by atoms with Crippen LogP contribution < -0.4 is 16.1 Å². The van der Waals surface area contributed by atoms with Gasteiger partial charge in [0.15, 0.2) is 0 Å². The van der Waals surface area contributed by atoms with E-state index in [-0.39, 0.29) is 24.3 Å². The van der Waals surface area contributed by atoms with E-state index in [1.54, 1.807) is 0 Å². The molecule has 174 valence electrons. The van der Waals surface area contributed by atoms with Gasteiger partial charge in [-0.15, -0.1) is 0 Å². The third-order valence-corrected chi connectivity index (χ3v) is 6.58. The van der Waals surface area contributed by atoms with Crippen LogP contribution in [0, 0.1) is 5.92 Å². The SMILES string of the molecule is CCCCNC(=O)CN1CCN(CC(=O)NN2C(=O)NC3(CCC(C)CC3)C2=O)CC1. The zero-order valence-corrected chi connectivity index (χ0v) is 18.7. The lowest BCUT2D eigenvalue weighted by molar-refractivity contribution is -0.140. The number of rotatable bonds is 8. The van der Waals surface area contributed by atoms with E-state index in [2.05, 4.69) is 34.8 Å². The van der Waals surface area contributed by atoms with Crippen LogP contribution in [0.2, 0.25) is 0 Å². The number of hydrogen-bond donors (Lipinski definition) is 3. The average molecular weight is 437 g/mol. The molecular weight excluding hydrogens is 400 g/mol. The van der Waals surface area contributed by atoms with Crippen LogP contribution >= 0.6 is 0 Å². The molecule has 10 nitrogen and oxygen atoms in total. The minimum Gasteiger partial charge on any atom is -0.355 e. The van der Waals surface area contributed by atoms with Gasteiger partial charge in [-0.2, -0.15) is 5.01 Å². The summed E-state index contributed by atoms with van der Waals surface area (Å²) < 4.78 is 0. The summed E-state index contributed by atoms with van der Waals surface area (Å²) in [4.78, 5) is 53.6. The molecule has 2 saturated heterocycles. The Morgan fingerprint density at radius 1 is 1.03 bits per heavy atom. The van der Waals surface area contributed by atoms with Crippen molar-refractivity contribution >= 4 is 23.8 Å². The highest BCUT2D eigenvalue weighted by Gasteiger charge is 2.52. The van der Waals surface area contributed by atoms with Crippen LogP contribution in [0.25, 0.3) is 0 Å². The van der Waals surface area contributed by atoms with Crippen LogP contribution in [0.15, 0.2) is 0 Å². The van der Waals surface area contributed by atoms with Crippen molar-refractivity contribution in [1.82, 2.24) is 30.9 Å². The van der Waals surface area contributed by atoms with Gasteiger partial charge >= 0.3 is 6.03 Å². The Bertz CT molecular complexity index is 683. The molecule has 1 spiro atoms. The molecule has 5 amide bonds. The van der Waals surface area contributed by atoms with E-state index < -0.39 is 11.6 Å². The van der Waals surface area contributed by atoms with E-state index in [0.29, 0.717) is 58.0 Å². The molecule has 3 aliphatic rings. The maximum atomic E-state index is 12.8. The second-order valence-corrected chi connectivity index (χ2v) is 9.13. The molecule has 1 aliphatic carbocycles. The van der Waals surface area contributed by atoms with Gasteiger partial charge in [0, 0.05) is 32.7 Å². The number of nitrogens with one attached hydrogen (secondary N) is 3. The summed E-state index contributed by atoms with van der Waals surface area (Å²) in [5.74, 6) is -0.156. The van der Waals surface area contributed by atoms with Crippen LogP contribution in [-0.4, -0.2) is 89.9 Å².